The average molecular weight is 200 g/mol. The summed E-state index contributed by atoms with van der Waals surface area (Å²) in [6.07, 6.45) is 7.43. The van der Waals surface area contributed by atoms with Crippen LogP contribution in [0.3, 0.4) is 0 Å². The van der Waals surface area contributed by atoms with Gasteiger partial charge in [-0.2, -0.15) is 5.26 Å². The second-order valence-electron chi connectivity index (χ2n) is 3.54. The quantitative estimate of drug-likeness (QED) is 0.691. The summed E-state index contributed by atoms with van der Waals surface area (Å²) in [5.74, 6) is 0.830. The largest absolute Gasteiger partial charge is 0.349 e. The Kier molecular flexibility index (Phi) is 2.64. The van der Waals surface area contributed by atoms with Crippen LogP contribution in [0.15, 0.2) is 25.0 Å². The maximum absolute atomic E-state index is 8.61. The molecule has 1 fully saturated rings. The van der Waals surface area contributed by atoms with E-state index >= 15 is 0 Å². The van der Waals surface area contributed by atoms with Gasteiger partial charge in [0, 0.05) is 12.6 Å². The van der Waals surface area contributed by atoms with Gasteiger partial charge in [-0.25, -0.2) is 9.97 Å². The maximum atomic E-state index is 8.61. The van der Waals surface area contributed by atoms with Crippen molar-refractivity contribution in [3.8, 4) is 6.07 Å². The van der Waals surface area contributed by atoms with Gasteiger partial charge in [-0.1, -0.05) is 6.08 Å². The Morgan fingerprint density at radius 3 is 2.80 bits per heavy atom. The third-order valence-corrected chi connectivity index (χ3v) is 2.36. The lowest BCUT2D eigenvalue weighted by atomic mass is 10.4. The van der Waals surface area contributed by atoms with E-state index in [-0.39, 0.29) is 0 Å². The van der Waals surface area contributed by atoms with Gasteiger partial charge in [-0.15, -0.1) is 6.58 Å². The van der Waals surface area contributed by atoms with E-state index in [1.807, 2.05) is 12.1 Å². The fraction of sp³-hybridized carbons (Fsp3) is 0.364. The topological polar surface area (TPSA) is 52.8 Å². The van der Waals surface area contributed by atoms with Crippen molar-refractivity contribution in [3.63, 3.8) is 0 Å². The van der Waals surface area contributed by atoms with E-state index in [0.29, 0.717) is 11.7 Å². The lowest BCUT2D eigenvalue weighted by Crippen LogP contribution is -2.26. The monoisotopic (exact) mass is 200 g/mol. The predicted molar refractivity (Wildman–Crippen MR) is 57.3 cm³/mol. The molecule has 1 aliphatic rings. The molecule has 4 nitrogen and oxygen atoms in total. The minimum absolute atomic E-state index is 0.355. The molecular formula is C11H12N4. The van der Waals surface area contributed by atoms with Crippen molar-refractivity contribution in [1.82, 2.24) is 9.97 Å². The molecule has 1 aromatic heterocycles. The summed E-state index contributed by atoms with van der Waals surface area (Å²) in [6.45, 7) is 4.51. The summed E-state index contributed by atoms with van der Waals surface area (Å²) in [6, 6.07) is 2.53. The standard InChI is InChI=1S/C11H12N4/c1-2-5-15(10-3-4-10)11-8-13-9(6-12)7-14-11/h2,7-8,10H,1,3-5H2. The molecule has 0 aliphatic heterocycles. The smallest absolute Gasteiger partial charge is 0.158 e. The molecule has 1 heterocycles. The highest BCUT2D eigenvalue weighted by Crippen LogP contribution is 2.29. The van der Waals surface area contributed by atoms with Gasteiger partial charge in [-0.3, -0.25) is 0 Å². The molecule has 0 aromatic carbocycles. The van der Waals surface area contributed by atoms with Crippen LogP contribution in [-0.4, -0.2) is 22.6 Å². The molecule has 1 aromatic rings. The summed E-state index contributed by atoms with van der Waals surface area (Å²) in [7, 11) is 0. The molecule has 0 radical (unpaired) electrons. The minimum Gasteiger partial charge on any atom is -0.349 e. The molecule has 1 saturated carbocycles. The lowest BCUT2D eigenvalue weighted by molar-refractivity contribution is 0.834. The molecule has 0 unspecified atom stereocenters. The summed E-state index contributed by atoms with van der Waals surface area (Å²) < 4.78 is 0. The summed E-state index contributed by atoms with van der Waals surface area (Å²) in [5, 5.41) is 8.61. The normalized spacial score (nSPS) is 14.3. The lowest BCUT2D eigenvalue weighted by Gasteiger charge is -2.20. The number of nitrogens with zero attached hydrogens (tertiary/aromatic N) is 4. The zero-order valence-electron chi connectivity index (χ0n) is 8.43. The van der Waals surface area contributed by atoms with Gasteiger partial charge in [0.05, 0.1) is 12.4 Å². The zero-order valence-corrected chi connectivity index (χ0v) is 8.43. The molecule has 1 aliphatic carbocycles. The molecule has 0 atom stereocenters. The van der Waals surface area contributed by atoms with E-state index in [9.17, 15) is 0 Å². The van der Waals surface area contributed by atoms with Crippen molar-refractivity contribution < 1.29 is 0 Å². The van der Waals surface area contributed by atoms with Crippen LogP contribution in [-0.2, 0) is 0 Å². The average Bonchev–Trinajstić information content (AvgIpc) is 3.10. The van der Waals surface area contributed by atoms with E-state index < -0.39 is 0 Å². The van der Waals surface area contributed by atoms with Gasteiger partial charge in [0.2, 0.25) is 0 Å². The molecule has 4 heteroatoms. The van der Waals surface area contributed by atoms with Crippen molar-refractivity contribution in [2.75, 3.05) is 11.4 Å². The molecule has 0 saturated heterocycles. The molecule has 2 rings (SSSR count). The molecule has 0 spiro atoms. The van der Waals surface area contributed by atoms with Crippen LogP contribution < -0.4 is 4.90 Å². The van der Waals surface area contributed by atoms with Crippen molar-refractivity contribution in [1.29, 1.82) is 5.26 Å². The predicted octanol–water partition coefficient (Wildman–Crippen LogP) is 1.50. The maximum Gasteiger partial charge on any atom is 0.158 e. The van der Waals surface area contributed by atoms with Gasteiger partial charge < -0.3 is 4.90 Å². The Morgan fingerprint density at radius 2 is 2.33 bits per heavy atom. The number of nitriles is 1. The Morgan fingerprint density at radius 1 is 1.53 bits per heavy atom. The molecule has 0 bridgehead atoms. The van der Waals surface area contributed by atoms with Crippen LogP contribution >= 0.6 is 0 Å². The van der Waals surface area contributed by atoms with Crippen molar-refractivity contribution in [3.05, 3.63) is 30.7 Å². The fourth-order valence-corrected chi connectivity index (χ4v) is 1.48. The van der Waals surface area contributed by atoms with Crippen LogP contribution in [0.25, 0.3) is 0 Å². The third-order valence-electron chi connectivity index (χ3n) is 2.36. The Balaban J connectivity index is 2.18. The first-order chi connectivity index (χ1) is 7.35. The van der Waals surface area contributed by atoms with Crippen molar-refractivity contribution in [2.45, 2.75) is 18.9 Å². The van der Waals surface area contributed by atoms with Crippen LogP contribution in [0.1, 0.15) is 18.5 Å². The summed E-state index contributed by atoms with van der Waals surface area (Å²) >= 11 is 0. The Labute approximate surface area is 88.9 Å². The van der Waals surface area contributed by atoms with E-state index in [0.717, 1.165) is 12.4 Å². The van der Waals surface area contributed by atoms with E-state index in [4.69, 9.17) is 5.26 Å². The fourth-order valence-electron chi connectivity index (χ4n) is 1.48. The number of hydrogen-bond acceptors (Lipinski definition) is 4. The highest BCUT2D eigenvalue weighted by atomic mass is 15.2. The van der Waals surface area contributed by atoms with Gasteiger partial charge >= 0.3 is 0 Å². The summed E-state index contributed by atoms with van der Waals surface area (Å²) in [5.41, 5.74) is 0.355. The highest BCUT2D eigenvalue weighted by molar-refractivity contribution is 5.41. The van der Waals surface area contributed by atoms with Gasteiger partial charge in [0.15, 0.2) is 5.69 Å². The molecule has 0 N–H and O–H groups in total. The van der Waals surface area contributed by atoms with Crippen LogP contribution in [0.5, 0.6) is 0 Å². The molecular weight excluding hydrogens is 188 g/mol. The van der Waals surface area contributed by atoms with Crippen LogP contribution in [0.2, 0.25) is 0 Å². The first-order valence-corrected chi connectivity index (χ1v) is 4.95. The molecule has 0 amide bonds. The van der Waals surface area contributed by atoms with Crippen LogP contribution in [0.4, 0.5) is 5.82 Å². The number of rotatable bonds is 4. The summed E-state index contributed by atoms with van der Waals surface area (Å²) in [4.78, 5) is 10.4. The van der Waals surface area contributed by atoms with E-state index in [1.165, 1.54) is 19.0 Å². The Bertz CT molecular complexity index is 386. The SMILES string of the molecule is C=CCN(c1cnc(C#N)cn1)C1CC1. The van der Waals surface area contributed by atoms with Gasteiger partial charge in [0.25, 0.3) is 0 Å². The third kappa shape index (κ3) is 2.13. The van der Waals surface area contributed by atoms with E-state index in [2.05, 4.69) is 21.4 Å². The number of anilines is 1. The second kappa shape index (κ2) is 4.09. The first-order valence-electron chi connectivity index (χ1n) is 4.95. The van der Waals surface area contributed by atoms with Crippen molar-refractivity contribution >= 4 is 5.82 Å². The zero-order chi connectivity index (χ0) is 10.7. The number of aromatic nitrogens is 2. The highest BCUT2D eigenvalue weighted by Gasteiger charge is 2.29. The molecule has 76 valence electrons. The Hall–Kier alpha value is -1.89. The van der Waals surface area contributed by atoms with Crippen LogP contribution in [0, 0.1) is 11.3 Å². The second-order valence-corrected chi connectivity index (χ2v) is 3.54. The molecule has 15 heavy (non-hydrogen) atoms. The van der Waals surface area contributed by atoms with Crippen molar-refractivity contribution in [2.24, 2.45) is 0 Å². The van der Waals surface area contributed by atoms with Gasteiger partial charge in [0.1, 0.15) is 11.9 Å². The van der Waals surface area contributed by atoms with E-state index in [1.54, 1.807) is 6.20 Å². The van der Waals surface area contributed by atoms with Gasteiger partial charge in [-0.05, 0) is 12.8 Å². The number of hydrogen-bond donors (Lipinski definition) is 0. The first kappa shape index (κ1) is 9.66. The minimum atomic E-state index is 0.355.